The molecule has 0 aliphatic heterocycles. The van der Waals surface area contributed by atoms with Crippen LogP contribution in [-0.4, -0.2) is 25.9 Å². The molecule has 0 atom stereocenters. The molecule has 0 N–H and O–H groups in total. The fraction of sp³-hybridized carbons (Fsp3) is 0.400. The number of aromatic nitrogens is 1. The molecular formula is C25H30N2O3S. The highest BCUT2D eigenvalue weighted by molar-refractivity contribution is 7.07. The fourth-order valence-electron chi connectivity index (χ4n) is 4.48. The minimum Gasteiger partial charge on any atom is -0.493 e. The summed E-state index contributed by atoms with van der Waals surface area (Å²) < 4.78 is 19.1. The van der Waals surface area contributed by atoms with Gasteiger partial charge in [-0.3, -0.25) is 0 Å². The van der Waals surface area contributed by atoms with Crippen LogP contribution in [0.15, 0.2) is 40.7 Å². The second-order valence-electron chi connectivity index (χ2n) is 8.08. The number of rotatable bonds is 6. The average Bonchev–Trinajstić information content (AvgIpc) is 3.41. The summed E-state index contributed by atoms with van der Waals surface area (Å²) in [6.45, 7) is 4.24. The molecule has 0 unspecified atom stereocenters. The van der Waals surface area contributed by atoms with Gasteiger partial charge in [-0.25, -0.2) is 4.99 Å². The first-order valence-electron chi connectivity index (χ1n) is 10.7. The summed E-state index contributed by atoms with van der Waals surface area (Å²) in [4.78, 5) is 6.10. The van der Waals surface area contributed by atoms with Crippen molar-refractivity contribution in [3.05, 3.63) is 51.6 Å². The third-order valence-electron chi connectivity index (χ3n) is 5.82. The number of hydrogen-bond acceptors (Lipinski definition) is 5. The van der Waals surface area contributed by atoms with Crippen LogP contribution in [0.5, 0.6) is 17.2 Å². The smallest absolute Gasteiger partial charge is 0.203 e. The van der Waals surface area contributed by atoms with Crippen molar-refractivity contribution < 1.29 is 14.2 Å². The fourth-order valence-corrected chi connectivity index (χ4v) is 5.47. The van der Waals surface area contributed by atoms with E-state index in [1.165, 1.54) is 36.8 Å². The predicted molar refractivity (Wildman–Crippen MR) is 126 cm³/mol. The van der Waals surface area contributed by atoms with Crippen LogP contribution in [0.3, 0.4) is 0 Å². The van der Waals surface area contributed by atoms with Crippen molar-refractivity contribution >= 4 is 17.0 Å². The van der Waals surface area contributed by atoms with E-state index in [0.717, 1.165) is 21.7 Å². The van der Waals surface area contributed by atoms with E-state index in [1.54, 1.807) is 32.7 Å². The lowest BCUT2D eigenvalue weighted by molar-refractivity contribution is 0.324. The van der Waals surface area contributed by atoms with Gasteiger partial charge in [0.1, 0.15) is 0 Å². The van der Waals surface area contributed by atoms with Crippen LogP contribution in [-0.2, 0) is 0 Å². The Hall–Kier alpha value is -2.73. The van der Waals surface area contributed by atoms with Crippen molar-refractivity contribution in [2.45, 2.75) is 45.6 Å². The third kappa shape index (κ3) is 4.35. The van der Waals surface area contributed by atoms with Gasteiger partial charge in [0.05, 0.1) is 32.7 Å². The first kappa shape index (κ1) is 21.5. The normalized spacial score (nSPS) is 14.8. The van der Waals surface area contributed by atoms with Gasteiger partial charge in [0, 0.05) is 17.0 Å². The molecule has 4 rings (SSSR count). The van der Waals surface area contributed by atoms with Crippen molar-refractivity contribution in [1.82, 2.24) is 4.57 Å². The van der Waals surface area contributed by atoms with E-state index in [4.69, 9.17) is 19.2 Å². The molecule has 1 aliphatic carbocycles. The zero-order chi connectivity index (χ0) is 22.0. The van der Waals surface area contributed by atoms with Crippen LogP contribution in [0.2, 0.25) is 0 Å². The van der Waals surface area contributed by atoms with E-state index in [1.807, 2.05) is 12.1 Å². The van der Waals surface area contributed by atoms with Crippen LogP contribution in [0.4, 0.5) is 5.69 Å². The van der Waals surface area contributed by atoms with Gasteiger partial charge in [-0.05, 0) is 62.1 Å². The second-order valence-corrected chi connectivity index (χ2v) is 8.92. The number of ether oxygens (including phenoxy) is 3. The molecule has 1 saturated carbocycles. The van der Waals surface area contributed by atoms with E-state index < -0.39 is 0 Å². The highest BCUT2D eigenvalue weighted by Crippen LogP contribution is 2.42. The molecule has 1 heterocycles. The van der Waals surface area contributed by atoms with Gasteiger partial charge >= 0.3 is 0 Å². The van der Waals surface area contributed by atoms with E-state index in [0.29, 0.717) is 23.3 Å². The summed E-state index contributed by atoms with van der Waals surface area (Å²) in [6.07, 6.45) is 4.86. The molecule has 6 heteroatoms. The number of nitrogens with zero attached hydrogens (tertiary/aromatic N) is 2. The van der Waals surface area contributed by atoms with Gasteiger partial charge < -0.3 is 18.8 Å². The first-order valence-corrected chi connectivity index (χ1v) is 11.6. The number of hydrogen-bond donors (Lipinski definition) is 0. The Morgan fingerprint density at radius 3 is 2.03 bits per heavy atom. The lowest BCUT2D eigenvalue weighted by atomic mass is 10.1. The molecule has 1 aliphatic rings. The van der Waals surface area contributed by atoms with E-state index in [2.05, 4.69) is 42.0 Å². The van der Waals surface area contributed by atoms with Gasteiger partial charge in [-0.15, -0.1) is 11.3 Å². The van der Waals surface area contributed by atoms with Crippen molar-refractivity contribution in [3.8, 4) is 28.5 Å². The van der Waals surface area contributed by atoms with Crippen molar-refractivity contribution in [2.24, 2.45) is 4.99 Å². The zero-order valence-electron chi connectivity index (χ0n) is 18.9. The molecule has 3 aromatic rings. The highest BCUT2D eigenvalue weighted by Gasteiger charge is 2.23. The number of aryl methyl sites for hydroxylation is 2. The Labute approximate surface area is 187 Å². The van der Waals surface area contributed by atoms with Crippen LogP contribution < -0.4 is 19.0 Å². The summed E-state index contributed by atoms with van der Waals surface area (Å²) in [5, 5.41) is 2.19. The van der Waals surface area contributed by atoms with Gasteiger partial charge in [0.15, 0.2) is 16.3 Å². The molecule has 0 bridgehead atoms. The predicted octanol–water partition coefficient (Wildman–Crippen LogP) is 6.21. The Morgan fingerprint density at radius 1 is 0.871 bits per heavy atom. The number of methoxy groups -OCH3 is 3. The molecule has 31 heavy (non-hydrogen) atoms. The van der Waals surface area contributed by atoms with Crippen molar-refractivity contribution in [1.29, 1.82) is 0 Å². The molecule has 0 radical (unpaired) electrons. The summed E-state index contributed by atoms with van der Waals surface area (Å²) in [6, 6.07) is 11.0. The summed E-state index contributed by atoms with van der Waals surface area (Å²) >= 11 is 1.68. The molecule has 0 spiro atoms. The topological polar surface area (TPSA) is 45.0 Å². The van der Waals surface area contributed by atoms with Crippen molar-refractivity contribution in [2.75, 3.05) is 21.3 Å². The van der Waals surface area contributed by atoms with Crippen LogP contribution >= 0.6 is 11.3 Å². The molecule has 164 valence electrons. The Morgan fingerprint density at radius 2 is 1.48 bits per heavy atom. The maximum absolute atomic E-state index is 5.60. The molecule has 2 aromatic carbocycles. The second kappa shape index (κ2) is 9.18. The van der Waals surface area contributed by atoms with E-state index in [9.17, 15) is 0 Å². The van der Waals surface area contributed by atoms with Crippen LogP contribution in [0, 0.1) is 13.8 Å². The molecule has 1 aromatic heterocycles. The third-order valence-corrected chi connectivity index (χ3v) is 6.66. The highest BCUT2D eigenvalue weighted by atomic mass is 32.1. The van der Waals surface area contributed by atoms with Crippen LogP contribution in [0.25, 0.3) is 11.3 Å². The number of benzene rings is 2. The van der Waals surface area contributed by atoms with Gasteiger partial charge in [-0.1, -0.05) is 18.9 Å². The first-order chi connectivity index (χ1) is 15.0. The Bertz CT molecular complexity index is 1090. The average molecular weight is 439 g/mol. The SMILES string of the molecule is COc1cc(-c2csc(=Nc3cc(C)cc(C)c3)n2C2CCCC2)cc(OC)c1OC. The summed E-state index contributed by atoms with van der Waals surface area (Å²) in [7, 11) is 4.94. The summed E-state index contributed by atoms with van der Waals surface area (Å²) in [5.41, 5.74) is 5.64. The van der Waals surface area contributed by atoms with E-state index in [-0.39, 0.29) is 0 Å². The van der Waals surface area contributed by atoms with Crippen LogP contribution in [0.1, 0.15) is 42.9 Å². The van der Waals surface area contributed by atoms with E-state index >= 15 is 0 Å². The number of thiazole rings is 1. The Kier molecular flexibility index (Phi) is 6.37. The van der Waals surface area contributed by atoms with Gasteiger partial charge in [0.2, 0.25) is 5.75 Å². The largest absolute Gasteiger partial charge is 0.493 e. The maximum Gasteiger partial charge on any atom is 0.203 e. The lowest BCUT2D eigenvalue weighted by Crippen LogP contribution is -2.20. The quantitative estimate of drug-likeness (QED) is 0.460. The monoisotopic (exact) mass is 438 g/mol. The van der Waals surface area contributed by atoms with Crippen molar-refractivity contribution in [3.63, 3.8) is 0 Å². The summed E-state index contributed by atoms with van der Waals surface area (Å²) in [5.74, 6) is 1.93. The maximum atomic E-state index is 5.60. The lowest BCUT2D eigenvalue weighted by Gasteiger charge is -2.18. The molecular weight excluding hydrogens is 408 g/mol. The molecule has 0 amide bonds. The minimum atomic E-state index is 0.449. The zero-order valence-corrected chi connectivity index (χ0v) is 19.7. The molecule has 0 saturated heterocycles. The Balaban J connectivity index is 1.91. The minimum absolute atomic E-state index is 0.449. The molecule has 1 fully saturated rings. The standard InChI is InChI=1S/C25H30N2O3S/c1-16-10-17(2)12-19(11-16)26-25-27(20-8-6-7-9-20)21(15-31-25)18-13-22(28-3)24(30-5)23(14-18)29-4/h10-15,20H,6-9H2,1-5H3. The van der Waals surface area contributed by atoms with Gasteiger partial charge in [0.25, 0.3) is 0 Å². The van der Waals surface area contributed by atoms with Gasteiger partial charge in [-0.2, -0.15) is 0 Å². The molecule has 5 nitrogen and oxygen atoms in total.